The number of ketones is 1. The van der Waals surface area contributed by atoms with Gasteiger partial charge < -0.3 is 0 Å². The highest BCUT2D eigenvalue weighted by molar-refractivity contribution is 9.10. The van der Waals surface area contributed by atoms with Gasteiger partial charge in [0.2, 0.25) is 0 Å². The topological polar surface area (TPSA) is 17.1 Å². The molecule has 2 heteroatoms. The number of hydrogen-bond acceptors (Lipinski definition) is 1. The normalized spacial score (nSPS) is 54.3. The van der Waals surface area contributed by atoms with E-state index < -0.39 is 0 Å². The minimum Gasteiger partial charge on any atom is -0.298 e. The Kier molecular flexibility index (Phi) is 3.46. The third-order valence-corrected chi connectivity index (χ3v) is 8.84. The maximum atomic E-state index is 12.7. The van der Waals surface area contributed by atoms with Gasteiger partial charge in [0, 0.05) is 5.41 Å². The molecule has 0 heterocycles. The van der Waals surface area contributed by atoms with Crippen LogP contribution < -0.4 is 0 Å². The minimum absolute atomic E-state index is 0.0427. The molecule has 0 amide bonds. The zero-order valence-corrected chi connectivity index (χ0v) is 15.8. The van der Waals surface area contributed by atoms with Crippen LogP contribution in [0.1, 0.15) is 65.7 Å². The summed E-state index contributed by atoms with van der Waals surface area (Å²) in [6, 6.07) is 0. The van der Waals surface area contributed by atoms with Gasteiger partial charge in [0.15, 0.2) is 5.78 Å². The van der Waals surface area contributed by atoms with Gasteiger partial charge in [0.1, 0.15) is 0 Å². The lowest BCUT2D eigenvalue weighted by Gasteiger charge is -2.56. The summed E-state index contributed by atoms with van der Waals surface area (Å²) in [6.45, 7) is 7.23. The molecule has 1 nitrogen and oxygen atoms in total. The fraction of sp³-hybridized carbons (Fsp3) is 0.850. The molecule has 0 spiro atoms. The zero-order valence-electron chi connectivity index (χ0n) is 14.2. The van der Waals surface area contributed by atoms with E-state index in [1.807, 2.05) is 0 Å². The third-order valence-electron chi connectivity index (χ3n) is 8.05. The lowest BCUT2D eigenvalue weighted by atomic mass is 9.47. The largest absolute Gasteiger partial charge is 0.298 e. The third kappa shape index (κ3) is 1.91. The first-order chi connectivity index (χ1) is 10.4. The smallest absolute Gasteiger partial charge is 0.152 e. The summed E-state index contributed by atoms with van der Waals surface area (Å²) >= 11 is 3.67. The second-order valence-corrected chi connectivity index (χ2v) is 10.2. The van der Waals surface area contributed by atoms with Crippen LogP contribution in [-0.2, 0) is 4.79 Å². The van der Waals surface area contributed by atoms with Gasteiger partial charge in [-0.3, -0.25) is 4.79 Å². The molecule has 7 atom stereocenters. The predicted octanol–water partition coefficient (Wildman–Crippen LogP) is 5.53. The Hall–Kier alpha value is -0.110. The number of carbonyl (C=O) groups excluding carboxylic acids is 1. The SMILES string of the molecule is C[C@H]1CC[C@@]2(C)C(=CC[C@@H]3[C@@H]2CC[C@]2(C)C(=O)[C@@H](Br)C[C@@H]32)C1. The Labute approximate surface area is 143 Å². The molecule has 0 unspecified atom stereocenters. The number of Topliss-reactive ketones (excluding diaryl/α,β-unsaturated/α-hetero) is 1. The molecule has 0 aliphatic heterocycles. The van der Waals surface area contributed by atoms with Crippen LogP contribution in [0.15, 0.2) is 11.6 Å². The van der Waals surface area contributed by atoms with Crippen molar-refractivity contribution in [2.75, 3.05) is 0 Å². The van der Waals surface area contributed by atoms with E-state index in [9.17, 15) is 4.79 Å². The van der Waals surface area contributed by atoms with Gasteiger partial charge in [-0.05, 0) is 74.0 Å². The summed E-state index contributed by atoms with van der Waals surface area (Å²) in [6.07, 6.45) is 11.4. The summed E-state index contributed by atoms with van der Waals surface area (Å²) < 4.78 is 0. The van der Waals surface area contributed by atoms with Crippen molar-refractivity contribution >= 4 is 21.7 Å². The lowest BCUT2D eigenvalue weighted by Crippen LogP contribution is -2.50. The van der Waals surface area contributed by atoms with Crippen LogP contribution >= 0.6 is 15.9 Å². The number of alkyl halides is 1. The Bertz CT molecular complexity index is 538. The van der Waals surface area contributed by atoms with Crippen molar-refractivity contribution in [3.63, 3.8) is 0 Å². The van der Waals surface area contributed by atoms with Crippen LogP contribution in [-0.4, -0.2) is 10.6 Å². The average molecular weight is 365 g/mol. The van der Waals surface area contributed by atoms with E-state index in [4.69, 9.17) is 0 Å². The van der Waals surface area contributed by atoms with Gasteiger partial charge in [0.25, 0.3) is 0 Å². The van der Waals surface area contributed by atoms with Crippen LogP contribution in [0.2, 0.25) is 0 Å². The van der Waals surface area contributed by atoms with Crippen molar-refractivity contribution < 1.29 is 4.79 Å². The molecule has 0 saturated heterocycles. The van der Waals surface area contributed by atoms with Gasteiger partial charge in [0.05, 0.1) is 4.83 Å². The summed E-state index contributed by atoms with van der Waals surface area (Å²) in [4.78, 5) is 12.8. The number of hydrogen-bond donors (Lipinski definition) is 0. The van der Waals surface area contributed by atoms with E-state index in [0.717, 1.165) is 30.6 Å². The molecule has 4 aliphatic rings. The fourth-order valence-corrected chi connectivity index (χ4v) is 7.52. The van der Waals surface area contributed by atoms with Crippen molar-refractivity contribution in [2.24, 2.45) is 34.5 Å². The second kappa shape index (κ2) is 4.94. The van der Waals surface area contributed by atoms with Gasteiger partial charge in [-0.15, -0.1) is 0 Å². The Morgan fingerprint density at radius 3 is 2.64 bits per heavy atom. The number of halogens is 1. The average Bonchev–Trinajstić information content (AvgIpc) is 2.72. The number of rotatable bonds is 0. The molecule has 0 bridgehead atoms. The molecule has 22 heavy (non-hydrogen) atoms. The molecule has 0 radical (unpaired) electrons. The van der Waals surface area contributed by atoms with Crippen molar-refractivity contribution in [2.45, 2.75) is 70.5 Å². The summed E-state index contributed by atoms with van der Waals surface area (Å²) in [5.41, 5.74) is 2.15. The molecular formula is C20H29BrO. The molecule has 0 aromatic carbocycles. The monoisotopic (exact) mass is 364 g/mol. The van der Waals surface area contributed by atoms with E-state index in [0.29, 0.717) is 17.1 Å². The van der Waals surface area contributed by atoms with Gasteiger partial charge in [-0.25, -0.2) is 0 Å². The van der Waals surface area contributed by atoms with Crippen LogP contribution in [0.25, 0.3) is 0 Å². The van der Waals surface area contributed by atoms with Gasteiger partial charge in [-0.2, -0.15) is 0 Å². The zero-order chi connectivity index (χ0) is 15.7. The fourth-order valence-electron chi connectivity index (χ4n) is 6.59. The van der Waals surface area contributed by atoms with E-state index >= 15 is 0 Å². The van der Waals surface area contributed by atoms with Crippen LogP contribution in [0, 0.1) is 34.5 Å². The summed E-state index contributed by atoms with van der Waals surface area (Å²) in [5.74, 6) is 3.53. The van der Waals surface area contributed by atoms with E-state index in [-0.39, 0.29) is 10.2 Å². The highest BCUT2D eigenvalue weighted by Gasteiger charge is 2.60. The highest BCUT2D eigenvalue weighted by Crippen LogP contribution is 2.64. The van der Waals surface area contributed by atoms with Crippen molar-refractivity contribution in [3.05, 3.63) is 11.6 Å². The Morgan fingerprint density at radius 1 is 1.14 bits per heavy atom. The van der Waals surface area contributed by atoms with Crippen LogP contribution in [0.3, 0.4) is 0 Å². The lowest BCUT2D eigenvalue weighted by molar-refractivity contribution is -0.131. The maximum Gasteiger partial charge on any atom is 0.152 e. The van der Waals surface area contributed by atoms with E-state index in [1.165, 1.54) is 32.1 Å². The van der Waals surface area contributed by atoms with E-state index in [1.54, 1.807) is 5.57 Å². The first-order valence-corrected chi connectivity index (χ1v) is 10.2. The molecule has 122 valence electrons. The molecule has 3 fully saturated rings. The molecule has 0 aromatic rings. The molecule has 0 aromatic heterocycles. The Balaban J connectivity index is 1.70. The van der Waals surface area contributed by atoms with Crippen LogP contribution in [0.5, 0.6) is 0 Å². The highest BCUT2D eigenvalue weighted by atomic mass is 79.9. The van der Waals surface area contributed by atoms with Crippen molar-refractivity contribution in [3.8, 4) is 0 Å². The van der Waals surface area contributed by atoms with E-state index in [2.05, 4.69) is 42.8 Å². The molecule has 4 aliphatic carbocycles. The first-order valence-electron chi connectivity index (χ1n) is 9.24. The maximum absolute atomic E-state index is 12.7. The van der Waals surface area contributed by atoms with Crippen molar-refractivity contribution in [1.82, 2.24) is 0 Å². The van der Waals surface area contributed by atoms with Crippen molar-refractivity contribution in [1.29, 1.82) is 0 Å². The second-order valence-electron chi connectivity index (χ2n) is 9.13. The summed E-state index contributed by atoms with van der Waals surface area (Å²) in [5, 5.41) is 0. The predicted molar refractivity (Wildman–Crippen MR) is 94.0 cm³/mol. The van der Waals surface area contributed by atoms with Gasteiger partial charge >= 0.3 is 0 Å². The van der Waals surface area contributed by atoms with Crippen LogP contribution in [0.4, 0.5) is 0 Å². The molecule has 4 rings (SSSR count). The quantitative estimate of drug-likeness (QED) is 0.408. The molecular weight excluding hydrogens is 336 g/mol. The number of allylic oxidation sites excluding steroid dienone is 2. The molecule has 3 saturated carbocycles. The summed E-state index contributed by atoms with van der Waals surface area (Å²) in [7, 11) is 0. The van der Waals surface area contributed by atoms with Gasteiger partial charge in [-0.1, -0.05) is 48.4 Å². The standard InChI is InChI=1S/C20H29BrO/c1-12-6-8-19(2)13(10-12)4-5-14-15(19)7-9-20(3)16(14)11-17(21)18(20)22/h4,12,14-17H,5-11H2,1-3H3/t12-,14+,15-,16-,17-,19-,20-/m0/s1. The molecule has 0 N–H and O–H groups in total. The minimum atomic E-state index is -0.0427. The first kappa shape index (κ1) is 15.4. The number of carbonyl (C=O) groups is 1. The Morgan fingerprint density at radius 2 is 1.86 bits per heavy atom. The number of fused-ring (bicyclic) bond motifs is 5.